The molecule has 1 heterocycles. The van der Waals surface area contributed by atoms with Gasteiger partial charge in [0.25, 0.3) is 5.43 Å². The Bertz CT molecular complexity index is 687. The van der Waals surface area contributed by atoms with E-state index in [-0.39, 0.29) is 5.75 Å². The van der Waals surface area contributed by atoms with E-state index in [1.165, 1.54) is 5.56 Å². The Labute approximate surface area is 118 Å². The minimum Gasteiger partial charge on any atom is -0.489 e. The minimum absolute atomic E-state index is 0.232. The molecule has 20 heavy (non-hydrogen) atoms. The van der Waals surface area contributed by atoms with Gasteiger partial charge in [0.2, 0.25) is 5.43 Å². The van der Waals surface area contributed by atoms with E-state index in [2.05, 4.69) is 18.8 Å². The first-order valence-electron chi connectivity index (χ1n) is 7.17. The molecule has 4 nitrogen and oxygen atoms in total. The van der Waals surface area contributed by atoms with E-state index >= 15 is 0 Å². The summed E-state index contributed by atoms with van der Waals surface area (Å²) in [6.45, 7) is 8.57. The summed E-state index contributed by atoms with van der Waals surface area (Å²) in [6.07, 6.45) is 2.77. The van der Waals surface area contributed by atoms with Crippen molar-refractivity contribution in [1.29, 1.82) is 0 Å². The predicted molar refractivity (Wildman–Crippen MR) is 80.4 cm³/mol. The molecule has 4 heteroatoms. The van der Waals surface area contributed by atoms with Gasteiger partial charge >= 0.3 is 0 Å². The SMILES string of the molecule is CCCCOc1c(-c2[nH]c(C)c(CC)c2C)c(=O)c1=O. The van der Waals surface area contributed by atoms with E-state index in [1.54, 1.807) is 0 Å². The third-order valence-electron chi connectivity index (χ3n) is 3.81. The van der Waals surface area contributed by atoms with Crippen molar-refractivity contribution in [3.63, 3.8) is 0 Å². The molecule has 1 N–H and O–H groups in total. The second kappa shape index (κ2) is 5.65. The third kappa shape index (κ3) is 2.19. The zero-order valence-electron chi connectivity index (χ0n) is 12.6. The van der Waals surface area contributed by atoms with Crippen LogP contribution in [-0.4, -0.2) is 11.6 Å². The van der Waals surface area contributed by atoms with Gasteiger partial charge in [0.1, 0.15) is 0 Å². The number of aromatic nitrogens is 1. The summed E-state index contributed by atoms with van der Waals surface area (Å²) in [6, 6.07) is 0. The Balaban J connectivity index is 2.41. The summed E-state index contributed by atoms with van der Waals surface area (Å²) >= 11 is 0. The first-order chi connectivity index (χ1) is 9.52. The number of aromatic amines is 1. The summed E-state index contributed by atoms with van der Waals surface area (Å²) in [5.41, 5.74) is 3.52. The van der Waals surface area contributed by atoms with Gasteiger partial charge in [-0.05, 0) is 37.8 Å². The van der Waals surface area contributed by atoms with Gasteiger partial charge in [-0.15, -0.1) is 0 Å². The van der Waals surface area contributed by atoms with Crippen LogP contribution in [0.4, 0.5) is 0 Å². The normalized spacial score (nSPS) is 11.2. The van der Waals surface area contributed by atoms with Crippen LogP contribution in [-0.2, 0) is 6.42 Å². The second-order valence-corrected chi connectivity index (χ2v) is 5.15. The van der Waals surface area contributed by atoms with Crippen LogP contribution in [0.15, 0.2) is 9.59 Å². The van der Waals surface area contributed by atoms with Gasteiger partial charge < -0.3 is 9.72 Å². The minimum atomic E-state index is -0.499. The first kappa shape index (κ1) is 14.6. The molecule has 2 rings (SSSR count). The maximum Gasteiger partial charge on any atom is 0.269 e. The standard InChI is InChI=1S/C16H21NO3/c1-5-7-8-20-16-12(14(18)15(16)19)13-9(3)11(6-2)10(4)17-13/h17H,5-8H2,1-4H3. The molecular weight excluding hydrogens is 254 g/mol. The number of hydrogen-bond donors (Lipinski definition) is 1. The molecule has 0 fully saturated rings. The van der Waals surface area contributed by atoms with Crippen LogP contribution in [0.2, 0.25) is 0 Å². The molecule has 0 aliphatic heterocycles. The van der Waals surface area contributed by atoms with Gasteiger partial charge in [-0.2, -0.15) is 0 Å². The largest absolute Gasteiger partial charge is 0.489 e. The van der Waals surface area contributed by atoms with E-state index in [1.807, 2.05) is 13.8 Å². The Kier molecular flexibility index (Phi) is 4.12. The van der Waals surface area contributed by atoms with Crippen molar-refractivity contribution >= 4 is 0 Å². The molecule has 0 saturated heterocycles. The highest BCUT2D eigenvalue weighted by Gasteiger charge is 2.27. The molecule has 0 bridgehead atoms. The first-order valence-corrected chi connectivity index (χ1v) is 7.17. The second-order valence-electron chi connectivity index (χ2n) is 5.15. The van der Waals surface area contributed by atoms with Gasteiger partial charge in [-0.3, -0.25) is 9.59 Å². The van der Waals surface area contributed by atoms with Crippen LogP contribution in [0.3, 0.4) is 0 Å². The highest BCUT2D eigenvalue weighted by atomic mass is 16.5. The van der Waals surface area contributed by atoms with Crippen molar-refractivity contribution in [3.8, 4) is 17.0 Å². The fourth-order valence-corrected chi connectivity index (χ4v) is 2.62. The summed E-state index contributed by atoms with van der Waals surface area (Å²) in [5.74, 6) is 0.232. The molecular formula is C16H21NO3. The summed E-state index contributed by atoms with van der Waals surface area (Å²) in [5, 5.41) is 0. The van der Waals surface area contributed by atoms with Gasteiger partial charge in [0.15, 0.2) is 5.75 Å². The van der Waals surface area contributed by atoms with E-state index in [9.17, 15) is 9.59 Å². The fraction of sp³-hybridized carbons (Fsp3) is 0.500. The molecule has 0 amide bonds. The van der Waals surface area contributed by atoms with Gasteiger partial charge in [0, 0.05) is 5.69 Å². The Hall–Kier alpha value is -1.84. The number of nitrogens with one attached hydrogen (secondary N) is 1. The highest BCUT2D eigenvalue weighted by Crippen LogP contribution is 2.31. The Morgan fingerprint density at radius 2 is 1.80 bits per heavy atom. The number of H-pyrrole nitrogens is 1. The van der Waals surface area contributed by atoms with Crippen LogP contribution < -0.4 is 15.6 Å². The Morgan fingerprint density at radius 1 is 1.10 bits per heavy atom. The van der Waals surface area contributed by atoms with Crippen LogP contribution in [0.1, 0.15) is 43.5 Å². The molecule has 0 aliphatic rings. The average Bonchev–Trinajstić information content (AvgIpc) is 2.71. The predicted octanol–water partition coefficient (Wildman–Crippen LogP) is 2.64. The quantitative estimate of drug-likeness (QED) is 0.651. The van der Waals surface area contributed by atoms with Crippen molar-refractivity contribution in [2.75, 3.05) is 6.61 Å². The van der Waals surface area contributed by atoms with Gasteiger partial charge in [0.05, 0.1) is 17.9 Å². The number of hydrogen-bond acceptors (Lipinski definition) is 3. The summed E-state index contributed by atoms with van der Waals surface area (Å²) in [4.78, 5) is 26.8. The molecule has 1 aromatic carbocycles. The number of unbranched alkanes of at least 4 members (excludes halogenated alkanes) is 1. The van der Waals surface area contributed by atoms with Crippen molar-refractivity contribution in [3.05, 3.63) is 37.3 Å². The topological polar surface area (TPSA) is 59.2 Å². The van der Waals surface area contributed by atoms with Crippen molar-refractivity contribution in [2.45, 2.75) is 47.0 Å². The maximum absolute atomic E-state index is 11.9. The molecule has 0 radical (unpaired) electrons. The molecule has 0 aliphatic carbocycles. The lowest BCUT2D eigenvalue weighted by molar-refractivity contribution is 0.304. The molecule has 0 spiro atoms. The van der Waals surface area contributed by atoms with Crippen LogP contribution >= 0.6 is 0 Å². The van der Waals surface area contributed by atoms with Crippen molar-refractivity contribution in [2.24, 2.45) is 0 Å². The lowest BCUT2D eigenvalue weighted by Crippen LogP contribution is -2.35. The van der Waals surface area contributed by atoms with Crippen LogP contribution in [0.5, 0.6) is 5.75 Å². The zero-order chi connectivity index (χ0) is 14.9. The van der Waals surface area contributed by atoms with Gasteiger partial charge in [-0.25, -0.2) is 0 Å². The van der Waals surface area contributed by atoms with Gasteiger partial charge in [-0.1, -0.05) is 20.3 Å². The van der Waals surface area contributed by atoms with Crippen molar-refractivity contribution < 1.29 is 4.74 Å². The van der Waals surface area contributed by atoms with Crippen LogP contribution in [0.25, 0.3) is 11.3 Å². The molecule has 0 atom stereocenters. The van der Waals surface area contributed by atoms with E-state index in [4.69, 9.17) is 4.74 Å². The molecule has 0 unspecified atom stereocenters. The fourth-order valence-electron chi connectivity index (χ4n) is 2.62. The smallest absolute Gasteiger partial charge is 0.269 e. The van der Waals surface area contributed by atoms with E-state index < -0.39 is 10.9 Å². The van der Waals surface area contributed by atoms with Crippen LogP contribution in [0, 0.1) is 13.8 Å². The molecule has 0 saturated carbocycles. The summed E-state index contributed by atoms with van der Waals surface area (Å²) in [7, 11) is 0. The van der Waals surface area contributed by atoms with E-state index in [0.29, 0.717) is 12.2 Å². The molecule has 1 aromatic heterocycles. The monoisotopic (exact) mass is 275 g/mol. The molecule has 2 aromatic rings. The average molecular weight is 275 g/mol. The maximum atomic E-state index is 11.9. The lowest BCUT2D eigenvalue weighted by atomic mass is 10.00. The van der Waals surface area contributed by atoms with E-state index in [0.717, 1.165) is 36.2 Å². The number of ether oxygens (including phenoxy) is 1. The Morgan fingerprint density at radius 3 is 2.35 bits per heavy atom. The number of rotatable bonds is 6. The lowest BCUT2D eigenvalue weighted by Gasteiger charge is -2.12. The highest BCUT2D eigenvalue weighted by molar-refractivity contribution is 5.75. The van der Waals surface area contributed by atoms with Crippen molar-refractivity contribution in [1.82, 2.24) is 4.98 Å². The zero-order valence-corrected chi connectivity index (χ0v) is 12.6. The number of aryl methyl sites for hydroxylation is 1. The molecule has 108 valence electrons. The summed E-state index contributed by atoms with van der Waals surface area (Å²) < 4.78 is 5.50. The third-order valence-corrected chi connectivity index (χ3v) is 3.81.